The van der Waals surface area contributed by atoms with E-state index in [2.05, 4.69) is 10.4 Å². The van der Waals surface area contributed by atoms with E-state index >= 15 is 0 Å². The van der Waals surface area contributed by atoms with Gasteiger partial charge in [0.15, 0.2) is 23.2 Å². The minimum Gasteiger partial charge on any atom is -0.483 e. The van der Waals surface area contributed by atoms with Crippen LogP contribution in [0.2, 0.25) is 10.0 Å². The van der Waals surface area contributed by atoms with Gasteiger partial charge in [0.05, 0.1) is 16.6 Å². The Kier molecular flexibility index (Phi) is 7.51. The Hall–Kier alpha value is -3.56. The van der Waals surface area contributed by atoms with Crippen molar-refractivity contribution in [2.45, 2.75) is 20.1 Å². The molecule has 1 amide bonds. The van der Waals surface area contributed by atoms with Crippen LogP contribution in [0.15, 0.2) is 54.6 Å². The van der Waals surface area contributed by atoms with E-state index in [0.29, 0.717) is 28.0 Å². The van der Waals surface area contributed by atoms with Crippen molar-refractivity contribution >= 4 is 34.9 Å². The normalized spacial score (nSPS) is 11.0. The minimum atomic E-state index is -1.63. The Labute approximate surface area is 213 Å². The number of hydrogen-bond acceptors (Lipinski definition) is 3. The van der Waals surface area contributed by atoms with Crippen LogP contribution in [0.5, 0.6) is 5.75 Å². The first-order valence-electron chi connectivity index (χ1n) is 10.5. The first-order valence-corrected chi connectivity index (χ1v) is 11.2. The molecular formula is C25H17Cl2F4N3O2. The van der Waals surface area contributed by atoms with Crippen molar-refractivity contribution in [3.05, 3.63) is 110 Å². The van der Waals surface area contributed by atoms with Crippen molar-refractivity contribution in [2.75, 3.05) is 5.32 Å². The van der Waals surface area contributed by atoms with Crippen LogP contribution in [-0.2, 0) is 13.2 Å². The Balaban J connectivity index is 1.39. The van der Waals surface area contributed by atoms with E-state index in [4.69, 9.17) is 27.9 Å². The summed E-state index contributed by atoms with van der Waals surface area (Å²) in [5, 5.41) is 7.97. The average Bonchev–Trinajstić information content (AvgIpc) is 3.18. The summed E-state index contributed by atoms with van der Waals surface area (Å²) in [6.07, 6.45) is 0. The number of aryl methyl sites for hydroxylation is 1. The predicted octanol–water partition coefficient (Wildman–Crippen LogP) is 6.93. The van der Waals surface area contributed by atoms with E-state index in [-0.39, 0.29) is 18.2 Å². The molecule has 0 unspecified atom stereocenters. The highest BCUT2D eigenvalue weighted by atomic mass is 35.5. The molecule has 0 atom stereocenters. The molecule has 0 spiro atoms. The number of carbonyl (C=O) groups is 1. The summed E-state index contributed by atoms with van der Waals surface area (Å²) >= 11 is 12.0. The van der Waals surface area contributed by atoms with Crippen molar-refractivity contribution in [1.29, 1.82) is 0 Å². The number of carbonyl (C=O) groups excluding carboxylic acids is 1. The number of rotatable bonds is 7. The van der Waals surface area contributed by atoms with Crippen LogP contribution in [0, 0.1) is 30.2 Å². The molecule has 11 heteroatoms. The number of hydrogen-bond donors (Lipinski definition) is 1. The fourth-order valence-corrected chi connectivity index (χ4v) is 3.64. The summed E-state index contributed by atoms with van der Waals surface area (Å²) < 4.78 is 60.7. The first kappa shape index (κ1) is 25.5. The third-order valence-corrected chi connectivity index (χ3v) is 5.95. The maximum atomic E-state index is 13.7. The first-order chi connectivity index (χ1) is 17.1. The summed E-state index contributed by atoms with van der Waals surface area (Å²) in [6.45, 7) is 1.88. The number of nitrogens with zero attached hydrogens (tertiary/aromatic N) is 2. The molecule has 186 valence electrons. The Morgan fingerprint density at radius 1 is 0.917 bits per heavy atom. The molecule has 0 radical (unpaired) electrons. The van der Waals surface area contributed by atoms with Gasteiger partial charge in [-0.1, -0.05) is 41.4 Å². The van der Waals surface area contributed by atoms with Gasteiger partial charge in [0, 0.05) is 23.4 Å². The van der Waals surface area contributed by atoms with Gasteiger partial charge in [-0.15, -0.1) is 0 Å². The van der Waals surface area contributed by atoms with Crippen molar-refractivity contribution in [1.82, 2.24) is 9.78 Å². The molecule has 0 bridgehead atoms. The van der Waals surface area contributed by atoms with E-state index in [1.54, 1.807) is 22.9 Å². The van der Waals surface area contributed by atoms with Gasteiger partial charge in [-0.25, -0.2) is 8.78 Å². The molecule has 1 heterocycles. The number of benzene rings is 3. The van der Waals surface area contributed by atoms with Gasteiger partial charge < -0.3 is 10.1 Å². The lowest BCUT2D eigenvalue weighted by molar-refractivity contribution is 0.102. The molecule has 0 aliphatic heterocycles. The summed E-state index contributed by atoms with van der Waals surface area (Å²) in [5.41, 5.74) is 2.38. The number of anilines is 1. The second-order valence-corrected chi connectivity index (χ2v) is 8.63. The summed E-state index contributed by atoms with van der Waals surface area (Å²) in [6, 6.07) is 13.0. The molecule has 1 N–H and O–H groups in total. The smallest absolute Gasteiger partial charge is 0.256 e. The van der Waals surface area contributed by atoms with E-state index < -0.39 is 34.9 Å². The zero-order valence-corrected chi connectivity index (χ0v) is 20.1. The van der Waals surface area contributed by atoms with E-state index in [9.17, 15) is 22.4 Å². The van der Waals surface area contributed by atoms with Crippen LogP contribution in [0.3, 0.4) is 0 Å². The van der Waals surface area contributed by atoms with Crippen molar-refractivity contribution in [3.8, 4) is 5.75 Å². The van der Waals surface area contributed by atoms with Crippen molar-refractivity contribution < 1.29 is 27.1 Å². The number of halogens is 6. The number of ether oxygens (including phenoxy) is 1. The molecule has 0 saturated carbocycles. The molecule has 1 aromatic heterocycles. The second-order valence-electron chi connectivity index (χ2n) is 7.81. The Morgan fingerprint density at radius 2 is 1.56 bits per heavy atom. The van der Waals surface area contributed by atoms with Crippen LogP contribution in [0.4, 0.5) is 23.4 Å². The van der Waals surface area contributed by atoms with Crippen LogP contribution >= 0.6 is 23.2 Å². The molecule has 0 saturated heterocycles. The van der Waals surface area contributed by atoms with Crippen molar-refractivity contribution in [3.63, 3.8) is 0 Å². The predicted molar refractivity (Wildman–Crippen MR) is 128 cm³/mol. The maximum absolute atomic E-state index is 13.7. The van der Waals surface area contributed by atoms with E-state index in [1.807, 2.05) is 13.0 Å². The van der Waals surface area contributed by atoms with Crippen LogP contribution in [0.1, 0.15) is 27.2 Å². The second kappa shape index (κ2) is 10.6. The molecule has 4 aromatic rings. The minimum absolute atomic E-state index is 0.1000. The summed E-state index contributed by atoms with van der Waals surface area (Å²) in [7, 11) is 0. The quantitative estimate of drug-likeness (QED) is 0.205. The third-order valence-electron chi connectivity index (χ3n) is 5.21. The standard InChI is InChI=1S/C25H17Cl2F4N3O2/c1-13-8-21(33-34(13)11-15-4-7-17(26)18(27)9-15)32-25(35)16-5-2-14(3-6-16)12-36-24-22(30)19(28)10-20(29)23(24)31/h2-10H,11-12H2,1H3,(H,32,33,35). The van der Waals surface area contributed by atoms with E-state index in [0.717, 1.165) is 11.3 Å². The lowest BCUT2D eigenvalue weighted by Gasteiger charge is -2.10. The zero-order valence-electron chi connectivity index (χ0n) is 18.6. The monoisotopic (exact) mass is 537 g/mol. The molecule has 0 aliphatic carbocycles. The number of amides is 1. The molecule has 3 aromatic carbocycles. The maximum Gasteiger partial charge on any atom is 0.256 e. The zero-order chi connectivity index (χ0) is 26.0. The highest BCUT2D eigenvalue weighted by Crippen LogP contribution is 2.27. The van der Waals surface area contributed by atoms with Crippen molar-refractivity contribution in [2.24, 2.45) is 0 Å². The molecule has 36 heavy (non-hydrogen) atoms. The highest BCUT2D eigenvalue weighted by molar-refractivity contribution is 6.42. The Bertz CT molecular complexity index is 1420. The largest absolute Gasteiger partial charge is 0.483 e. The van der Waals surface area contributed by atoms with Gasteiger partial charge in [-0.2, -0.15) is 13.9 Å². The Morgan fingerprint density at radius 3 is 2.19 bits per heavy atom. The summed E-state index contributed by atoms with van der Waals surface area (Å²) in [4.78, 5) is 12.6. The topological polar surface area (TPSA) is 56.1 Å². The third kappa shape index (κ3) is 5.63. The highest BCUT2D eigenvalue weighted by Gasteiger charge is 2.20. The van der Waals surface area contributed by atoms with Gasteiger partial charge in [0.2, 0.25) is 11.6 Å². The van der Waals surface area contributed by atoms with Gasteiger partial charge in [-0.05, 0) is 42.3 Å². The lowest BCUT2D eigenvalue weighted by atomic mass is 10.1. The van der Waals surface area contributed by atoms with Gasteiger partial charge in [0.25, 0.3) is 5.91 Å². The van der Waals surface area contributed by atoms with E-state index in [1.165, 1.54) is 24.3 Å². The lowest BCUT2D eigenvalue weighted by Crippen LogP contribution is -2.13. The van der Waals surface area contributed by atoms with Crippen LogP contribution < -0.4 is 10.1 Å². The molecular weight excluding hydrogens is 521 g/mol. The fourth-order valence-electron chi connectivity index (χ4n) is 3.32. The summed E-state index contributed by atoms with van der Waals surface area (Å²) in [5.74, 6) is -7.63. The average molecular weight is 538 g/mol. The number of nitrogens with one attached hydrogen (secondary N) is 1. The van der Waals surface area contributed by atoms with Gasteiger partial charge >= 0.3 is 0 Å². The molecule has 0 aliphatic rings. The van der Waals surface area contributed by atoms with Crippen LogP contribution in [0.25, 0.3) is 0 Å². The fraction of sp³-hybridized carbons (Fsp3) is 0.120. The van der Waals surface area contributed by atoms with Gasteiger partial charge in [0.1, 0.15) is 6.61 Å². The molecule has 0 fully saturated rings. The molecule has 5 nitrogen and oxygen atoms in total. The van der Waals surface area contributed by atoms with Gasteiger partial charge in [-0.3, -0.25) is 9.48 Å². The molecule has 4 rings (SSSR count). The van der Waals surface area contributed by atoms with Crippen LogP contribution in [-0.4, -0.2) is 15.7 Å². The SMILES string of the molecule is Cc1cc(NC(=O)c2ccc(COc3c(F)c(F)cc(F)c3F)cc2)nn1Cc1ccc(Cl)c(Cl)c1. The number of aromatic nitrogens is 2.